The van der Waals surface area contributed by atoms with E-state index in [9.17, 15) is 9.90 Å². The first-order chi connectivity index (χ1) is 15.6. The molecule has 0 saturated carbocycles. The Balaban J connectivity index is 1.58. The number of pyridine rings is 1. The van der Waals surface area contributed by atoms with Crippen LogP contribution in [-0.4, -0.2) is 40.2 Å². The normalized spacial score (nSPS) is 15.9. The lowest BCUT2D eigenvalue weighted by molar-refractivity contribution is 0.133. The van der Waals surface area contributed by atoms with Gasteiger partial charge in [0.25, 0.3) is 0 Å². The molecule has 0 aliphatic carbocycles. The minimum Gasteiger partial charge on any atom is -0.465 e. The Morgan fingerprint density at radius 3 is 2.28 bits per heavy atom. The van der Waals surface area contributed by atoms with Crippen molar-refractivity contribution in [3.8, 4) is 0 Å². The predicted molar refractivity (Wildman–Crippen MR) is 128 cm³/mol. The van der Waals surface area contributed by atoms with Crippen LogP contribution < -0.4 is 16.0 Å². The van der Waals surface area contributed by atoms with E-state index in [0.717, 1.165) is 18.5 Å². The molecule has 1 aliphatic heterocycles. The van der Waals surface area contributed by atoms with Gasteiger partial charge in [-0.3, -0.25) is 0 Å². The number of anilines is 3. The summed E-state index contributed by atoms with van der Waals surface area (Å²) in [5.41, 5.74) is 10.3. The summed E-state index contributed by atoms with van der Waals surface area (Å²) in [5, 5.41) is 12.8. The SMILES string of the molecule is Nc1c(NC2CCCN(C(=O)O)C2)ccnc1N(Cc1ccccc1)Cc1ccccc1. The van der Waals surface area contributed by atoms with Gasteiger partial charge < -0.3 is 26.0 Å². The highest BCUT2D eigenvalue weighted by molar-refractivity contribution is 5.78. The Morgan fingerprint density at radius 1 is 1.06 bits per heavy atom. The van der Waals surface area contributed by atoms with Crippen LogP contribution in [0.3, 0.4) is 0 Å². The zero-order valence-electron chi connectivity index (χ0n) is 18.0. The van der Waals surface area contributed by atoms with Gasteiger partial charge in [-0.05, 0) is 30.0 Å². The van der Waals surface area contributed by atoms with Crippen LogP contribution in [0.1, 0.15) is 24.0 Å². The van der Waals surface area contributed by atoms with E-state index in [2.05, 4.69) is 39.5 Å². The highest BCUT2D eigenvalue weighted by Gasteiger charge is 2.24. The van der Waals surface area contributed by atoms with E-state index in [1.807, 2.05) is 42.5 Å². The number of carbonyl (C=O) groups is 1. The molecular formula is C25H29N5O2. The monoisotopic (exact) mass is 431 g/mol. The molecule has 1 atom stereocenters. The average Bonchev–Trinajstić information content (AvgIpc) is 2.82. The molecule has 7 heteroatoms. The molecule has 4 N–H and O–H groups in total. The van der Waals surface area contributed by atoms with Crippen LogP contribution >= 0.6 is 0 Å². The van der Waals surface area contributed by atoms with E-state index in [0.29, 0.717) is 37.7 Å². The van der Waals surface area contributed by atoms with Gasteiger partial charge in [0.2, 0.25) is 0 Å². The first kappa shape index (κ1) is 21.5. The first-order valence-electron chi connectivity index (χ1n) is 10.9. The molecule has 3 aromatic rings. The number of rotatable bonds is 7. The van der Waals surface area contributed by atoms with Crippen molar-refractivity contribution in [2.45, 2.75) is 32.0 Å². The standard InChI is InChI=1S/C25H29N5O2/c26-23-22(28-21-12-7-15-29(18-21)25(31)32)13-14-27-24(23)30(16-19-8-3-1-4-9-19)17-20-10-5-2-6-11-20/h1-6,8-11,13-14,21H,7,12,15-18,26H2,(H,27,28)(H,31,32). The number of likely N-dealkylation sites (tertiary alicyclic amines) is 1. The number of carboxylic acid groups (broad SMARTS) is 1. The Hall–Kier alpha value is -3.74. The number of piperidine rings is 1. The number of amides is 1. The number of nitrogens with one attached hydrogen (secondary N) is 1. The number of nitrogens with two attached hydrogens (primary N) is 1. The fourth-order valence-corrected chi connectivity index (χ4v) is 4.14. The van der Waals surface area contributed by atoms with Crippen molar-refractivity contribution in [3.63, 3.8) is 0 Å². The minimum atomic E-state index is -0.878. The number of nitrogen functional groups attached to an aromatic ring is 1. The average molecular weight is 432 g/mol. The van der Waals surface area contributed by atoms with Crippen molar-refractivity contribution >= 4 is 23.3 Å². The second-order valence-corrected chi connectivity index (χ2v) is 8.14. The summed E-state index contributed by atoms with van der Waals surface area (Å²) in [5.74, 6) is 0.716. The van der Waals surface area contributed by atoms with Crippen molar-refractivity contribution in [2.24, 2.45) is 0 Å². The van der Waals surface area contributed by atoms with Gasteiger partial charge in [0.05, 0.1) is 11.4 Å². The molecule has 1 unspecified atom stereocenters. The van der Waals surface area contributed by atoms with Crippen LogP contribution in [0.25, 0.3) is 0 Å². The number of nitrogens with zero attached hydrogens (tertiary/aromatic N) is 3. The molecule has 1 amide bonds. The van der Waals surface area contributed by atoms with Gasteiger partial charge in [-0.15, -0.1) is 0 Å². The second-order valence-electron chi connectivity index (χ2n) is 8.14. The third-order valence-electron chi connectivity index (χ3n) is 5.75. The fourth-order valence-electron chi connectivity index (χ4n) is 4.14. The van der Waals surface area contributed by atoms with Crippen LogP contribution in [0, 0.1) is 0 Å². The van der Waals surface area contributed by atoms with E-state index >= 15 is 0 Å². The van der Waals surface area contributed by atoms with Gasteiger partial charge in [-0.2, -0.15) is 0 Å². The molecule has 1 aliphatic rings. The van der Waals surface area contributed by atoms with Crippen molar-refractivity contribution in [3.05, 3.63) is 84.1 Å². The molecule has 4 rings (SSSR count). The highest BCUT2D eigenvalue weighted by atomic mass is 16.4. The van der Waals surface area contributed by atoms with Gasteiger partial charge in [-0.25, -0.2) is 9.78 Å². The topological polar surface area (TPSA) is 94.7 Å². The molecule has 32 heavy (non-hydrogen) atoms. The van der Waals surface area contributed by atoms with Crippen molar-refractivity contribution < 1.29 is 9.90 Å². The zero-order chi connectivity index (χ0) is 22.3. The molecule has 0 spiro atoms. The quantitative estimate of drug-likeness (QED) is 0.512. The van der Waals surface area contributed by atoms with E-state index in [4.69, 9.17) is 5.73 Å². The van der Waals surface area contributed by atoms with Crippen molar-refractivity contribution in [1.82, 2.24) is 9.88 Å². The number of hydrogen-bond acceptors (Lipinski definition) is 5. The van der Waals surface area contributed by atoms with Gasteiger partial charge in [0.15, 0.2) is 5.82 Å². The second kappa shape index (κ2) is 10.0. The van der Waals surface area contributed by atoms with Gasteiger partial charge in [0, 0.05) is 38.4 Å². The Morgan fingerprint density at radius 2 is 1.69 bits per heavy atom. The maximum Gasteiger partial charge on any atom is 0.407 e. The lowest BCUT2D eigenvalue weighted by atomic mass is 10.1. The summed E-state index contributed by atoms with van der Waals surface area (Å²) in [6.07, 6.45) is 2.61. The number of aromatic nitrogens is 1. The minimum absolute atomic E-state index is 0.0223. The third kappa shape index (κ3) is 5.29. The van der Waals surface area contributed by atoms with Crippen LogP contribution in [-0.2, 0) is 13.1 Å². The third-order valence-corrected chi connectivity index (χ3v) is 5.75. The number of hydrogen-bond donors (Lipinski definition) is 3. The van der Waals surface area contributed by atoms with Crippen LogP contribution in [0.5, 0.6) is 0 Å². The lowest BCUT2D eigenvalue weighted by Gasteiger charge is -2.32. The van der Waals surface area contributed by atoms with Crippen molar-refractivity contribution in [1.29, 1.82) is 0 Å². The Labute approximate surface area is 188 Å². The van der Waals surface area contributed by atoms with Gasteiger partial charge in [0.1, 0.15) is 0 Å². The fraction of sp³-hybridized carbons (Fsp3) is 0.280. The summed E-state index contributed by atoms with van der Waals surface area (Å²) in [4.78, 5) is 19.6. The van der Waals surface area contributed by atoms with Crippen molar-refractivity contribution in [2.75, 3.05) is 29.0 Å². The highest BCUT2D eigenvalue weighted by Crippen LogP contribution is 2.31. The molecule has 0 radical (unpaired) electrons. The summed E-state index contributed by atoms with van der Waals surface area (Å²) >= 11 is 0. The van der Waals surface area contributed by atoms with E-state index < -0.39 is 6.09 Å². The molecule has 1 fully saturated rings. The van der Waals surface area contributed by atoms with E-state index in [1.165, 1.54) is 16.0 Å². The smallest absolute Gasteiger partial charge is 0.407 e. The molecule has 166 valence electrons. The number of benzene rings is 2. The first-order valence-corrected chi connectivity index (χ1v) is 10.9. The molecule has 2 aromatic carbocycles. The van der Waals surface area contributed by atoms with E-state index in [-0.39, 0.29) is 6.04 Å². The molecule has 7 nitrogen and oxygen atoms in total. The maximum atomic E-state index is 11.4. The molecule has 2 heterocycles. The molecule has 0 bridgehead atoms. The summed E-state index contributed by atoms with van der Waals surface area (Å²) in [6, 6.07) is 22.4. The molecule has 1 saturated heterocycles. The summed E-state index contributed by atoms with van der Waals surface area (Å²) in [6.45, 7) is 2.37. The van der Waals surface area contributed by atoms with Gasteiger partial charge >= 0.3 is 6.09 Å². The van der Waals surface area contributed by atoms with Crippen LogP contribution in [0.15, 0.2) is 72.9 Å². The lowest BCUT2D eigenvalue weighted by Crippen LogP contribution is -2.44. The Kier molecular flexibility index (Phi) is 6.75. The van der Waals surface area contributed by atoms with Gasteiger partial charge in [-0.1, -0.05) is 60.7 Å². The molecular weight excluding hydrogens is 402 g/mol. The zero-order valence-corrected chi connectivity index (χ0v) is 18.0. The maximum absolute atomic E-state index is 11.4. The summed E-state index contributed by atoms with van der Waals surface area (Å²) < 4.78 is 0. The van der Waals surface area contributed by atoms with Crippen LogP contribution in [0.4, 0.5) is 22.0 Å². The largest absolute Gasteiger partial charge is 0.465 e. The predicted octanol–water partition coefficient (Wildman–Crippen LogP) is 4.42. The van der Waals surface area contributed by atoms with E-state index in [1.54, 1.807) is 6.20 Å². The molecule has 1 aromatic heterocycles. The Bertz CT molecular complexity index is 988. The summed E-state index contributed by atoms with van der Waals surface area (Å²) in [7, 11) is 0. The van der Waals surface area contributed by atoms with Crippen LogP contribution in [0.2, 0.25) is 0 Å².